The molecule has 21 heavy (non-hydrogen) atoms. The average Bonchev–Trinajstić information content (AvgIpc) is 2.48. The zero-order chi connectivity index (χ0) is 15.2. The minimum absolute atomic E-state index is 0.0465. The molecule has 0 aliphatic heterocycles. The van der Waals surface area contributed by atoms with Crippen molar-refractivity contribution in [3.8, 4) is 0 Å². The highest BCUT2D eigenvalue weighted by Crippen LogP contribution is 2.26. The molecule has 4 heteroatoms. The molecule has 1 atom stereocenters. The fraction of sp³-hybridized carbons (Fsp3) is 0.353. The van der Waals surface area contributed by atoms with Crippen LogP contribution in [0.25, 0.3) is 0 Å². The van der Waals surface area contributed by atoms with Crippen LogP contribution in [0.5, 0.6) is 0 Å². The van der Waals surface area contributed by atoms with Crippen molar-refractivity contribution in [2.24, 2.45) is 0 Å². The van der Waals surface area contributed by atoms with Crippen LogP contribution in [0.2, 0.25) is 0 Å². The second-order valence-electron chi connectivity index (χ2n) is 5.20. The van der Waals surface area contributed by atoms with E-state index in [9.17, 15) is 4.39 Å². The highest BCUT2D eigenvalue weighted by atomic mass is 79.9. The molecule has 1 aromatic heterocycles. The van der Waals surface area contributed by atoms with Gasteiger partial charge in [-0.2, -0.15) is 0 Å². The van der Waals surface area contributed by atoms with E-state index in [0.717, 1.165) is 40.7 Å². The molecule has 2 aromatic rings. The van der Waals surface area contributed by atoms with Gasteiger partial charge in [0.15, 0.2) is 0 Å². The summed E-state index contributed by atoms with van der Waals surface area (Å²) in [4.78, 5) is 4.45. The summed E-state index contributed by atoms with van der Waals surface area (Å²) in [6.45, 7) is 5.03. The number of nitrogens with one attached hydrogen (secondary N) is 1. The average molecular weight is 351 g/mol. The second-order valence-corrected chi connectivity index (χ2v) is 6.06. The minimum Gasteiger partial charge on any atom is -0.310 e. The lowest BCUT2D eigenvalue weighted by molar-refractivity contribution is 0.518. The molecular formula is C17H20BrFN2. The molecular weight excluding hydrogens is 331 g/mol. The van der Waals surface area contributed by atoms with Crippen LogP contribution in [0.15, 0.2) is 41.0 Å². The quantitative estimate of drug-likeness (QED) is 0.824. The van der Waals surface area contributed by atoms with Crippen molar-refractivity contribution < 1.29 is 4.39 Å². The summed E-state index contributed by atoms with van der Waals surface area (Å²) in [5.74, 6) is -0.214. The summed E-state index contributed by atoms with van der Waals surface area (Å²) in [6, 6.07) is 8.95. The maximum Gasteiger partial charge on any atom is 0.123 e. The summed E-state index contributed by atoms with van der Waals surface area (Å²) in [7, 11) is 0. The van der Waals surface area contributed by atoms with Crippen LogP contribution in [-0.4, -0.2) is 11.5 Å². The van der Waals surface area contributed by atoms with E-state index in [-0.39, 0.29) is 11.9 Å². The molecule has 0 aliphatic rings. The van der Waals surface area contributed by atoms with Gasteiger partial charge in [0, 0.05) is 28.8 Å². The van der Waals surface area contributed by atoms with Crippen LogP contribution in [0.1, 0.15) is 36.2 Å². The molecule has 0 spiro atoms. The summed E-state index contributed by atoms with van der Waals surface area (Å²) in [5.41, 5.74) is 3.08. The van der Waals surface area contributed by atoms with Crippen molar-refractivity contribution in [1.82, 2.24) is 10.3 Å². The molecule has 112 valence electrons. The third-order valence-electron chi connectivity index (χ3n) is 3.36. The van der Waals surface area contributed by atoms with Gasteiger partial charge < -0.3 is 5.32 Å². The SMILES string of the molecule is CCCNC(Cc1ccc(C)cn1)c1cc(F)ccc1Br. The van der Waals surface area contributed by atoms with E-state index in [4.69, 9.17) is 0 Å². The van der Waals surface area contributed by atoms with Crippen LogP contribution in [0, 0.1) is 12.7 Å². The molecule has 0 saturated heterocycles. The lowest BCUT2D eigenvalue weighted by Crippen LogP contribution is -2.25. The van der Waals surface area contributed by atoms with Crippen molar-refractivity contribution in [2.75, 3.05) is 6.54 Å². The Kier molecular flexibility index (Phi) is 5.88. The topological polar surface area (TPSA) is 24.9 Å². The van der Waals surface area contributed by atoms with Gasteiger partial charge in [-0.15, -0.1) is 0 Å². The van der Waals surface area contributed by atoms with E-state index in [0.29, 0.717) is 0 Å². The molecule has 0 radical (unpaired) electrons. The van der Waals surface area contributed by atoms with Crippen LogP contribution in [0.3, 0.4) is 0 Å². The summed E-state index contributed by atoms with van der Waals surface area (Å²) in [6.07, 6.45) is 3.64. The van der Waals surface area contributed by atoms with Crippen molar-refractivity contribution >= 4 is 15.9 Å². The van der Waals surface area contributed by atoms with Gasteiger partial charge in [0.25, 0.3) is 0 Å². The van der Waals surface area contributed by atoms with Gasteiger partial charge in [0.05, 0.1) is 0 Å². The van der Waals surface area contributed by atoms with Crippen LogP contribution in [0.4, 0.5) is 4.39 Å². The fourth-order valence-electron chi connectivity index (χ4n) is 2.22. The second kappa shape index (κ2) is 7.66. The van der Waals surface area contributed by atoms with Gasteiger partial charge in [-0.05, 0) is 55.3 Å². The summed E-state index contributed by atoms with van der Waals surface area (Å²) < 4.78 is 14.5. The van der Waals surface area contributed by atoms with E-state index in [2.05, 4.69) is 39.2 Å². The van der Waals surface area contributed by atoms with E-state index in [1.807, 2.05) is 19.2 Å². The molecule has 0 amide bonds. The van der Waals surface area contributed by atoms with Gasteiger partial charge in [0.1, 0.15) is 5.82 Å². The van der Waals surface area contributed by atoms with E-state index < -0.39 is 0 Å². The Morgan fingerprint density at radius 2 is 2.10 bits per heavy atom. The van der Waals surface area contributed by atoms with Gasteiger partial charge in [0.2, 0.25) is 0 Å². The number of pyridine rings is 1. The van der Waals surface area contributed by atoms with Gasteiger partial charge in [-0.1, -0.05) is 28.9 Å². The van der Waals surface area contributed by atoms with E-state index in [1.54, 1.807) is 12.1 Å². The number of halogens is 2. The lowest BCUT2D eigenvalue weighted by Gasteiger charge is -2.20. The Morgan fingerprint density at radius 1 is 1.29 bits per heavy atom. The first kappa shape index (κ1) is 16.1. The number of rotatable bonds is 6. The van der Waals surface area contributed by atoms with Gasteiger partial charge in [-0.25, -0.2) is 4.39 Å². The van der Waals surface area contributed by atoms with Crippen molar-refractivity contribution in [1.29, 1.82) is 0 Å². The third kappa shape index (κ3) is 4.61. The first-order valence-electron chi connectivity index (χ1n) is 7.20. The molecule has 1 heterocycles. The highest BCUT2D eigenvalue weighted by Gasteiger charge is 2.16. The molecule has 0 bridgehead atoms. The molecule has 2 rings (SSSR count). The molecule has 0 fully saturated rings. The monoisotopic (exact) mass is 350 g/mol. The molecule has 0 saturated carbocycles. The Labute approximate surface area is 133 Å². The Morgan fingerprint density at radius 3 is 2.76 bits per heavy atom. The predicted molar refractivity (Wildman–Crippen MR) is 87.8 cm³/mol. The fourth-order valence-corrected chi connectivity index (χ4v) is 2.74. The minimum atomic E-state index is -0.214. The number of nitrogens with zero attached hydrogens (tertiary/aromatic N) is 1. The van der Waals surface area contributed by atoms with E-state index >= 15 is 0 Å². The summed E-state index contributed by atoms with van der Waals surface area (Å²) in [5, 5.41) is 3.48. The zero-order valence-electron chi connectivity index (χ0n) is 12.4. The van der Waals surface area contributed by atoms with E-state index in [1.165, 1.54) is 6.07 Å². The van der Waals surface area contributed by atoms with Crippen molar-refractivity contribution in [2.45, 2.75) is 32.7 Å². The van der Waals surface area contributed by atoms with Crippen molar-refractivity contribution in [3.63, 3.8) is 0 Å². The van der Waals surface area contributed by atoms with Crippen LogP contribution in [-0.2, 0) is 6.42 Å². The van der Waals surface area contributed by atoms with Crippen LogP contribution >= 0.6 is 15.9 Å². The smallest absolute Gasteiger partial charge is 0.123 e. The predicted octanol–water partition coefficient (Wildman–Crippen LogP) is 4.58. The third-order valence-corrected chi connectivity index (χ3v) is 4.08. The number of aromatic nitrogens is 1. The van der Waals surface area contributed by atoms with Gasteiger partial charge in [-0.3, -0.25) is 4.98 Å². The largest absolute Gasteiger partial charge is 0.310 e. The molecule has 2 nitrogen and oxygen atoms in total. The number of aryl methyl sites for hydroxylation is 1. The zero-order valence-corrected chi connectivity index (χ0v) is 14.0. The molecule has 1 unspecified atom stereocenters. The molecule has 1 aromatic carbocycles. The summed E-state index contributed by atoms with van der Waals surface area (Å²) >= 11 is 3.52. The van der Waals surface area contributed by atoms with Crippen molar-refractivity contribution in [3.05, 3.63) is 63.6 Å². The number of benzene rings is 1. The maximum atomic E-state index is 13.6. The standard InChI is InChI=1S/C17H20BrFN2/c1-3-8-20-17(10-14-6-4-12(2)11-21-14)15-9-13(19)5-7-16(15)18/h4-7,9,11,17,20H,3,8,10H2,1-2H3. The van der Waals surface area contributed by atoms with Gasteiger partial charge >= 0.3 is 0 Å². The highest BCUT2D eigenvalue weighted by molar-refractivity contribution is 9.10. The molecule has 1 N–H and O–H groups in total. The maximum absolute atomic E-state index is 13.6. The normalized spacial score (nSPS) is 12.4. The molecule has 0 aliphatic carbocycles. The van der Waals surface area contributed by atoms with Crippen LogP contribution < -0.4 is 5.32 Å². The Balaban J connectivity index is 2.25. The number of hydrogen-bond donors (Lipinski definition) is 1. The first-order chi connectivity index (χ1) is 10.1. The first-order valence-corrected chi connectivity index (χ1v) is 7.99. The Bertz CT molecular complexity index is 584. The Hall–Kier alpha value is -1.26. The lowest BCUT2D eigenvalue weighted by atomic mass is 10.0. The number of hydrogen-bond acceptors (Lipinski definition) is 2.